The first-order chi connectivity index (χ1) is 23.8. The van der Waals surface area contributed by atoms with Crippen LogP contribution in [-0.2, 0) is 0 Å². The molecule has 50 heavy (non-hydrogen) atoms. The lowest BCUT2D eigenvalue weighted by molar-refractivity contribution is 0.0146. The van der Waals surface area contributed by atoms with Crippen molar-refractivity contribution in [1.82, 2.24) is 19.9 Å². The summed E-state index contributed by atoms with van der Waals surface area (Å²) in [5, 5.41) is 11.3. The highest BCUT2D eigenvalue weighted by Gasteiger charge is 2.36. The smallest absolute Gasteiger partial charge is 0.319 e. The van der Waals surface area contributed by atoms with Crippen molar-refractivity contribution in [2.75, 3.05) is 50.5 Å². The number of hydrogen-bond donors (Lipinski definition) is 2. The second-order valence-electron chi connectivity index (χ2n) is 12.0. The first-order valence-electron chi connectivity index (χ1n) is 15.8. The van der Waals surface area contributed by atoms with E-state index in [-0.39, 0.29) is 87.7 Å². The maximum absolute atomic E-state index is 16.8. The fraction of sp³-hybridized carbons (Fsp3) is 0.306. The molecule has 0 radical (unpaired) electrons. The number of aromatic nitrogens is 3. The Bertz CT molecular complexity index is 2160. The van der Waals surface area contributed by atoms with E-state index in [0.29, 0.717) is 30.1 Å². The number of terminal acetylenes is 1. The van der Waals surface area contributed by atoms with Gasteiger partial charge in [-0.05, 0) is 56.1 Å². The van der Waals surface area contributed by atoms with E-state index in [1.165, 1.54) is 24.3 Å². The molecule has 0 unspecified atom stereocenters. The average Bonchev–Trinajstić information content (AvgIpc) is 3.27. The van der Waals surface area contributed by atoms with Gasteiger partial charge in [-0.2, -0.15) is 9.97 Å². The number of pyridine rings is 1. The van der Waals surface area contributed by atoms with E-state index in [1.54, 1.807) is 31.1 Å². The lowest BCUT2D eigenvalue weighted by Gasteiger charge is -2.30. The number of nitrogen functional groups attached to an aromatic ring is 1. The number of fused-ring (bicyclic) bond motifs is 1. The van der Waals surface area contributed by atoms with Crippen LogP contribution >= 0.6 is 11.6 Å². The van der Waals surface area contributed by atoms with Crippen molar-refractivity contribution in [2.24, 2.45) is 0 Å². The van der Waals surface area contributed by atoms with Gasteiger partial charge in [0.2, 0.25) is 0 Å². The molecule has 0 aliphatic carbocycles. The molecule has 2 aromatic heterocycles. The van der Waals surface area contributed by atoms with Gasteiger partial charge in [-0.1, -0.05) is 29.7 Å². The van der Waals surface area contributed by atoms with Crippen LogP contribution in [0.1, 0.15) is 37.4 Å². The number of phenolic OH excluding ortho intramolecular Hbond substituents is 1. The molecule has 7 rings (SSSR count). The molecule has 0 amide bonds. The van der Waals surface area contributed by atoms with Crippen LogP contribution in [0.25, 0.3) is 32.8 Å². The summed E-state index contributed by atoms with van der Waals surface area (Å²) < 4.78 is 67.8. The van der Waals surface area contributed by atoms with Gasteiger partial charge in [0.05, 0.1) is 41.7 Å². The number of nitrogens with zero attached hydrogens (tertiary/aromatic N) is 5. The number of ether oxygens (including phenoxy) is 2. The Morgan fingerprint density at radius 1 is 1.18 bits per heavy atom. The molecule has 9 nitrogen and oxygen atoms in total. The van der Waals surface area contributed by atoms with E-state index in [9.17, 15) is 18.3 Å². The van der Waals surface area contributed by atoms with Crippen LogP contribution in [0.3, 0.4) is 0 Å². The number of phenols is 1. The van der Waals surface area contributed by atoms with E-state index < -0.39 is 17.6 Å². The zero-order valence-electron chi connectivity index (χ0n) is 27.4. The van der Waals surface area contributed by atoms with Crippen molar-refractivity contribution in [3.8, 4) is 41.0 Å². The highest BCUT2D eigenvalue weighted by molar-refractivity contribution is 6.37. The molecule has 5 aromatic rings. The minimum atomic E-state index is -2.41. The average molecular weight is 709 g/mol. The minimum Gasteiger partial charge on any atom is -0.508 e. The van der Waals surface area contributed by atoms with Gasteiger partial charge in [0.15, 0.2) is 11.6 Å². The molecule has 4 heterocycles. The van der Waals surface area contributed by atoms with Crippen molar-refractivity contribution in [1.29, 1.82) is 0 Å². The van der Waals surface area contributed by atoms with Crippen LogP contribution in [0.2, 0.25) is 5.02 Å². The van der Waals surface area contributed by atoms with E-state index in [0.717, 1.165) is 5.56 Å². The number of alkyl halides is 2. The number of anilines is 2. The summed E-state index contributed by atoms with van der Waals surface area (Å²) in [7, 11) is 1.71. The summed E-state index contributed by atoms with van der Waals surface area (Å²) >= 11 is 6.94. The van der Waals surface area contributed by atoms with Crippen molar-refractivity contribution in [2.45, 2.75) is 32.2 Å². The van der Waals surface area contributed by atoms with Crippen LogP contribution in [0.5, 0.6) is 17.5 Å². The highest BCUT2D eigenvalue weighted by Crippen LogP contribution is 2.50. The van der Waals surface area contributed by atoms with E-state index in [2.05, 4.69) is 20.9 Å². The molecule has 2 aliphatic heterocycles. The summed E-state index contributed by atoms with van der Waals surface area (Å²) in [5.74, 6) is -0.972. The standard InChI is InChI=1S/C31H24ClF2N5O3.C5H9F2N/c1-4-18-21(33)9-8-16-13-17(40)14-20(22(16)18)23-25(32)28-24-27(26(23)34)37-31(41-5-2)38-30(24)39(11-12-42-28)15(3)19-7-6-10-36-29(19)35;1-8-3-2-5(6,7)4-8/h1,6-10,13-15,40H,5,11-12H2,2-3H3,(H2,35,36);2-4H2,1H3/t15-;/m1./s1. The summed E-state index contributed by atoms with van der Waals surface area (Å²) in [6.07, 6.45) is 7.30. The van der Waals surface area contributed by atoms with Gasteiger partial charge < -0.3 is 30.1 Å². The molecule has 14 heteroatoms. The Hall–Kier alpha value is -5.06. The third-order valence-electron chi connectivity index (χ3n) is 8.68. The Balaban J connectivity index is 0.000000477. The van der Waals surface area contributed by atoms with E-state index in [4.69, 9.17) is 33.2 Å². The van der Waals surface area contributed by atoms with Gasteiger partial charge in [-0.15, -0.1) is 6.42 Å². The zero-order chi connectivity index (χ0) is 35.9. The van der Waals surface area contributed by atoms with Crippen molar-refractivity contribution < 1.29 is 32.1 Å². The third-order valence-corrected chi connectivity index (χ3v) is 9.04. The third kappa shape index (κ3) is 6.36. The first kappa shape index (κ1) is 34.8. The van der Waals surface area contributed by atoms with Gasteiger partial charge in [0.25, 0.3) is 5.92 Å². The number of aromatic hydroxyl groups is 1. The quantitative estimate of drug-likeness (QED) is 0.143. The Kier molecular flexibility index (Phi) is 9.52. The summed E-state index contributed by atoms with van der Waals surface area (Å²) in [6, 6.07) is 8.56. The van der Waals surface area contributed by atoms with E-state index in [1.807, 2.05) is 17.9 Å². The number of rotatable bonds is 5. The SMILES string of the molecule is C#Cc1c(F)ccc2cc(O)cc(-c3c(Cl)c4c5c(nc(OCC)nc5c3F)N([C@H](C)c3cccnc3N)CCO4)c12.CN1CCC(F)(F)C1. The fourth-order valence-corrected chi connectivity index (χ4v) is 6.69. The molecule has 1 atom stereocenters. The summed E-state index contributed by atoms with van der Waals surface area (Å²) in [5.41, 5.74) is 6.62. The fourth-order valence-electron chi connectivity index (χ4n) is 6.36. The number of halogens is 5. The topological polar surface area (TPSA) is 110 Å². The second-order valence-corrected chi connectivity index (χ2v) is 12.4. The van der Waals surface area contributed by atoms with Crippen LogP contribution in [0.4, 0.5) is 29.2 Å². The minimum absolute atomic E-state index is 0.0312. The molecule has 2 aliphatic rings. The van der Waals surface area contributed by atoms with Crippen LogP contribution < -0.4 is 20.1 Å². The number of nitrogens with two attached hydrogens (primary N) is 1. The lowest BCUT2D eigenvalue weighted by Crippen LogP contribution is -2.31. The zero-order valence-corrected chi connectivity index (χ0v) is 28.2. The molecule has 0 bridgehead atoms. The maximum Gasteiger partial charge on any atom is 0.319 e. The Labute approximate surface area is 290 Å². The summed E-state index contributed by atoms with van der Waals surface area (Å²) in [6.45, 7) is 4.86. The van der Waals surface area contributed by atoms with Crippen LogP contribution in [0.15, 0.2) is 42.6 Å². The highest BCUT2D eigenvalue weighted by atomic mass is 35.5. The Morgan fingerprint density at radius 3 is 2.60 bits per heavy atom. The van der Waals surface area contributed by atoms with Crippen molar-refractivity contribution >= 4 is 44.9 Å². The first-order valence-corrected chi connectivity index (χ1v) is 16.2. The van der Waals surface area contributed by atoms with Crippen molar-refractivity contribution in [3.05, 3.63) is 70.4 Å². The molecular weight excluding hydrogens is 676 g/mol. The van der Waals surface area contributed by atoms with Crippen molar-refractivity contribution in [3.63, 3.8) is 0 Å². The van der Waals surface area contributed by atoms with Crippen LogP contribution in [-0.4, -0.2) is 70.8 Å². The summed E-state index contributed by atoms with van der Waals surface area (Å²) in [4.78, 5) is 16.8. The molecular formula is C36H33ClF4N6O3. The van der Waals surface area contributed by atoms with Gasteiger partial charge in [-0.3, -0.25) is 0 Å². The number of benzene rings is 3. The molecule has 1 fully saturated rings. The predicted molar refractivity (Wildman–Crippen MR) is 185 cm³/mol. The predicted octanol–water partition coefficient (Wildman–Crippen LogP) is 7.36. The second kappa shape index (κ2) is 13.7. The molecule has 3 N–H and O–H groups in total. The normalized spacial score (nSPS) is 15.9. The largest absolute Gasteiger partial charge is 0.508 e. The number of hydrogen-bond acceptors (Lipinski definition) is 9. The molecule has 1 saturated heterocycles. The molecule has 3 aromatic carbocycles. The monoisotopic (exact) mass is 708 g/mol. The van der Waals surface area contributed by atoms with Gasteiger partial charge in [0, 0.05) is 35.7 Å². The molecule has 0 saturated carbocycles. The maximum atomic E-state index is 16.8. The molecule has 260 valence electrons. The lowest BCUT2D eigenvalue weighted by atomic mass is 9.92. The van der Waals surface area contributed by atoms with Crippen LogP contribution in [0, 0.1) is 24.0 Å². The van der Waals surface area contributed by atoms with Gasteiger partial charge in [-0.25, -0.2) is 22.5 Å². The number of likely N-dealkylation sites (tertiary alicyclic amines) is 1. The van der Waals surface area contributed by atoms with E-state index >= 15 is 4.39 Å². The van der Waals surface area contributed by atoms with Gasteiger partial charge >= 0.3 is 6.01 Å². The Morgan fingerprint density at radius 2 is 1.96 bits per heavy atom. The van der Waals surface area contributed by atoms with Gasteiger partial charge in [0.1, 0.15) is 35.3 Å². The molecule has 0 spiro atoms.